The van der Waals surface area contributed by atoms with Crippen molar-refractivity contribution in [2.45, 2.75) is 38.4 Å². The average molecular weight is 288 g/mol. The van der Waals surface area contributed by atoms with Crippen molar-refractivity contribution in [3.63, 3.8) is 0 Å². The summed E-state index contributed by atoms with van der Waals surface area (Å²) in [6.07, 6.45) is 1.60. The molecule has 0 aliphatic heterocycles. The molecular formula is C12H18BrNO2. The molecule has 1 amide bonds. The van der Waals surface area contributed by atoms with Crippen molar-refractivity contribution < 1.29 is 9.59 Å². The van der Waals surface area contributed by atoms with E-state index in [4.69, 9.17) is 0 Å². The predicted molar refractivity (Wildman–Crippen MR) is 65.3 cm³/mol. The zero-order valence-electron chi connectivity index (χ0n) is 10.2. The summed E-state index contributed by atoms with van der Waals surface area (Å²) < 4.78 is 0. The number of carbonyl (C=O) groups excluding carboxylic acids is 2. The van der Waals surface area contributed by atoms with E-state index in [0.29, 0.717) is 0 Å². The smallest absolute Gasteiger partial charge is 0.228 e. The number of ketones is 1. The molecule has 0 heterocycles. The van der Waals surface area contributed by atoms with Gasteiger partial charge >= 0.3 is 0 Å². The zero-order valence-corrected chi connectivity index (χ0v) is 11.8. The summed E-state index contributed by atoms with van der Waals surface area (Å²) in [5, 5.41) is 2.73. The second-order valence-electron chi connectivity index (χ2n) is 5.73. The highest BCUT2D eigenvalue weighted by Gasteiger charge is 2.76. The van der Waals surface area contributed by atoms with Gasteiger partial charge in [-0.3, -0.25) is 9.59 Å². The number of carbonyl (C=O) groups is 2. The Labute approximate surface area is 104 Å². The van der Waals surface area contributed by atoms with E-state index >= 15 is 0 Å². The van der Waals surface area contributed by atoms with E-state index in [2.05, 4.69) is 35.1 Å². The summed E-state index contributed by atoms with van der Waals surface area (Å²) in [5.41, 5.74) is -1.23. The molecule has 2 saturated carbocycles. The fraction of sp³-hybridized carbons (Fsp3) is 0.833. The molecule has 0 radical (unpaired) electrons. The minimum atomic E-state index is -0.576. The van der Waals surface area contributed by atoms with Crippen LogP contribution in [0.25, 0.3) is 0 Å². The molecule has 0 spiro atoms. The second kappa shape index (κ2) is 3.09. The summed E-state index contributed by atoms with van der Waals surface area (Å²) in [4.78, 5) is 24.2. The quantitative estimate of drug-likeness (QED) is 0.749. The van der Waals surface area contributed by atoms with Gasteiger partial charge in [0.05, 0.1) is 10.2 Å². The molecule has 2 aliphatic rings. The predicted octanol–water partition coefficient (Wildman–Crippen LogP) is 1.89. The van der Waals surface area contributed by atoms with E-state index in [0.717, 1.165) is 12.8 Å². The third kappa shape index (κ3) is 0.918. The van der Waals surface area contributed by atoms with Gasteiger partial charge in [0, 0.05) is 12.5 Å². The highest BCUT2D eigenvalue weighted by molar-refractivity contribution is 9.10. The first-order valence-electron chi connectivity index (χ1n) is 5.66. The monoisotopic (exact) mass is 287 g/mol. The molecule has 2 rings (SSSR count). The Morgan fingerprint density at radius 1 is 1.38 bits per heavy atom. The Hall–Kier alpha value is -0.380. The van der Waals surface area contributed by atoms with Crippen LogP contribution in [0.5, 0.6) is 0 Å². The third-order valence-electron chi connectivity index (χ3n) is 5.35. The van der Waals surface area contributed by atoms with Gasteiger partial charge in [-0.1, -0.05) is 36.7 Å². The molecule has 0 unspecified atom stereocenters. The van der Waals surface area contributed by atoms with Crippen molar-refractivity contribution in [1.29, 1.82) is 0 Å². The van der Waals surface area contributed by atoms with Crippen LogP contribution in [0.3, 0.4) is 0 Å². The van der Waals surface area contributed by atoms with E-state index < -0.39 is 5.41 Å². The average Bonchev–Trinajstić information content (AvgIpc) is 2.51. The number of hydrogen-bond donors (Lipinski definition) is 1. The highest BCUT2D eigenvalue weighted by Crippen LogP contribution is 2.72. The summed E-state index contributed by atoms with van der Waals surface area (Å²) in [6, 6.07) is 0. The number of alkyl halides is 1. The maximum Gasteiger partial charge on any atom is 0.228 e. The molecule has 3 nitrogen and oxygen atoms in total. The summed E-state index contributed by atoms with van der Waals surface area (Å²) in [7, 11) is 1.64. The van der Waals surface area contributed by atoms with Crippen LogP contribution in [0.4, 0.5) is 0 Å². The lowest BCUT2D eigenvalue weighted by Crippen LogP contribution is -2.49. The first kappa shape index (κ1) is 12.1. The highest BCUT2D eigenvalue weighted by atomic mass is 79.9. The normalized spacial score (nSPS) is 44.8. The third-order valence-corrected chi connectivity index (χ3v) is 6.55. The van der Waals surface area contributed by atoms with E-state index in [1.807, 2.05) is 6.92 Å². The van der Waals surface area contributed by atoms with Crippen molar-refractivity contribution in [1.82, 2.24) is 5.32 Å². The van der Waals surface area contributed by atoms with Crippen molar-refractivity contribution in [3.8, 4) is 0 Å². The summed E-state index contributed by atoms with van der Waals surface area (Å²) >= 11 is 3.46. The van der Waals surface area contributed by atoms with Gasteiger partial charge in [-0.05, 0) is 18.3 Å². The maximum atomic E-state index is 12.3. The Kier molecular flexibility index (Phi) is 2.34. The van der Waals surface area contributed by atoms with Crippen molar-refractivity contribution >= 4 is 27.6 Å². The van der Waals surface area contributed by atoms with Crippen LogP contribution in [0.15, 0.2) is 0 Å². The SMILES string of the molecule is CNC(=O)[C@]12CC[C@](C)(C(=O)[C@H]1Br)C2(C)C. The second-order valence-corrected chi connectivity index (χ2v) is 6.65. The Morgan fingerprint density at radius 2 is 1.94 bits per heavy atom. The lowest BCUT2D eigenvalue weighted by atomic mass is 9.64. The van der Waals surface area contributed by atoms with Crippen LogP contribution in [0.2, 0.25) is 0 Å². The van der Waals surface area contributed by atoms with Crippen LogP contribution in [-0.2, 0) is 9.59 Å². The van der Waals surface area contributed by atoms with E-state index in [-0.39, 0.29) is 27.3 Å². The summed E-state index contributed by atoms with van der Waals surface area (Å²) in [5.74, 6) is 0.182. The van der Waals surface area contributed by atoms with Gasteiger partial charge in [0.1, 0.15) is 0 Å². The van der Waals surface area contributed by atoms with Crippen molar-refractivity contribution in [2.75, 3.05) is 7.05 Å². The molecule has 4 heteroatoms. The molecule has 0 aromatic heterocycles. The number of Topliss-reactive ketones (excluding diaryl/α,β-unsaturated/α-hetero) is 1. The summed E-state index contributed by atoms with van der Waals surface area (Å²) in [6.45, 7) is 6.10. The van der Waals surface area contributed by atoms with Crippen molar-refractivity contribution in [3.05, 3.63) is 0 Å². The Balaban J connectivity index is 2.63. The van der Waals surface area contributed by atoms with Gasteiger partial charge in [0.2, 0.25) is 5.91 Å². The molecule has 2 aliphatic carbocycles. The number of nitrogens with one attached hydrogen (secondary N) is 1. The van der Waals surface area contributed by atoms with Crippen molar-refractivity contribution in [2.24, 2.45) is 16.2 Å². The van der Waals surface area contributed by atoms with E-state index in [1.165, 1.54) is 0 Å². The first-order chi connectivity index (χ1) is 7.25. The fourth-order valence-electron chi connectivity index (χ4n) is 3.68. The Morgan fingerprint density at radius 3 is 2.31 bits per heavy atom. The van der Waals surface area contributed by atoms with Gasteiger partial charge < -0.3 is 5.32 Å². The number of halogens is 1. The largest absolute Gasteiger partial charge is 0.359 e. The molecule has 0 saturated heterocycles. The molecule has 1 N–H and O–H groups in total. The number of fused-ring (bicyclic) bond motifs is 2. The molecule has 16 heavy (non-hydrogen) atoms. The van der Waals surface area contributed by atoms with Gasteiger partial charge in [0.15, 0.2) is 5.78 Å². The molecule has 2 bridgehead atoms. The van der Waals surface area contributed by atoms with Gasteiger partial charge in [-0.25, -0.2) is 0 Å². The molecule has 3 atom stereocenters. The minimum absolute atomic E-state index is 0.00560. The number of rotatable bonds is 1. The van der Waals surface area contributed by atoms with Crippen LogP contribution in [0.1, 0.15) is 33.6 Å². The first-order valence-corrected chi connectivity index (χ1v) is 6.58. The molecule has 0 aromatic rings. The molecule has 2 fully saturated rings. The Bertz CT molecular complexity index is 379. The zero-order chi connectivity index (χ0) is 12.4. The van der Waals surface area contributed by atoms with E-state index in [9.17, 15) is 9.59 Å². The van der Waals surface area contributed by atoms with E-state index in [1.54, 1.807) is 7.05 Å². The fourth-order valence-corrected chi connectivity index (χ4v) is 5.19. The number of hydrogen-bond acceptors (Lipinski definition) is 2. The van der Waals surface area contributed by atoms with Gasteiger partial charge in [0.25, 0.3) is 0 Å². The van der Waals surface area contributed by atoms with Gasteiger partial charge in [-0.15, -0.1) is 0 Å². The molecule has 90 valence electrons. The van der Waals surface area contributed by atoms with Gasteiger partial charge in [-0.2, -0.15) is 0 Å². The standard InChI is InChI=1S/C12H18BrNO2/c1-10(2)11(3)5-6-12(10,9(16)14-4)7(13)8(11)15/h7H,5-6H2,1-4H3,(H,14,16)/t7-,11-,12+/m1/s1. The number of amides is 1. The van der Waals surface area contributed by atoms with Crippen LogP contribution >= 0.6 is 15.9 Å². The minimum Gasteiger partial charge on any atom is -0.359 e. The lowest BCUT2D eigenvalue weighted by Gasteiger charge is -2.39. The topological polar surface area (TPSA) is 46.2 Å². The maximum absolute atomic E-state index is 12.3. The molecule has 0 aromatic carbocycles. The lowest BCUT2D eigenvalue weighted by molar-refractivity contribution is -0.135. The van der Waals surface area contributed by atoms with Crippen LogP contribution in [-0.4, -0.2) is 23.6 Å². The van der Waals surface area contributed by atoms with Crippen LogP contribution in [0, 0.1) is 16.2 Å². The molecular weight excluding hydrogens is 270 g/mol. The van der Waals surface area contributed by atoms with Crippen LogP contribution < -0.4 is 5.32 Å².